The summed E-state index contributed by atoms with van der Waals surface area (Å²) in [5, 5.41) is 7.43. The van der Waals surface area contributed by atoms with Crippen molar-refractivity contribution in [3.63, 3.8) is 0 Å². The molecule has 3 nitrogen and oxygen atoms in total. The molecular formula is C13H13FN2OS. The molecule has 0 aliphatic heterocycles. The lowest BCUT2D eigenvalue weighted by molar-refractivity contribution is 0.249. The molecule has 0 fully saturated rings. The molecule has 2 N–H and O–H groups in total. The maximum Gasteiger partial charge on any atom is 0.319 e. The zero-order chi connectivity index (χ0) is 13.0. The van der Waals surface area contributed by atoms with Crippen LogP contribution in [0.15, 0.2) is 41.8 Å². The molecule has 2 amide bonds. The Kier molecular flexibility index (Phi) is 3.94. The minimum atomic E-state index is -0.326. The Bertz CT molecular complexity index is 510. The molecule has 2 rings (SSSR count). The van der Waals surface area contributed by atoms with Crippen LogP contribution < -0.4 is 10.6 Å². The van der Waals surface area contributed by atoms with Gasteiger partial charge in [0.25, 0.3) is 0 Å². The first kappa shape index (κ1) is 12.6. The number of halogens is 1. The highest BCUT2D eigenvalue weighted by atomic mass is 32.1. The van der Waals surface area contributed by atoms with Crippen LogP contribution in [0.2, 0.25) is 0 Å². The van der Waals surface area contributed by atoms with Gasteiger partial charge in [-0.2, -0.15) is 0 Å². The molecule has 0 aliphatic carbocycles. The van der Waals surface area contributed by atoms with Gasteiger partial charge < -0.3 is 10.6 Å². The number of urea groups is 1. The number of anilines is 1. The van der Waals surface area contributed by atoms with Gasteiger partial charge >= 0.3 is 6.03 Å². The number of carbonyl (C=O) groups excluding carboxylic acids is 1. The minimum Gasteiger partial charge on any atom is -0.331 e. The molecule has 2 aromatic rings. The van der Waals surface area contributed by atoms with Crippen LogP contribution in [0, 0.1) is 5.82 Å². The topological polar surface area (TPSA) is 41.1 Å². The van der Waals surface area contributed by atoms with Gasteiger partial charge in [-0.05, 0) is 42.6 Å². The first-order valence-corrected chi connectivity index (χ1v) is 6.39. The summed E-state index contributed by atoms with van der Waals surface area (Å²) in [6.07, 6.45) is 0. The molecular weight excluding hydrogens is 251 g/mol. The second-order valence-corrected chi connectivity index (χ2v) is 4.82. The molecule has 0 bridgehead atoms. The second kappa shape index (κ2) is 5.64. The third kappa shape index (κ3) is 3.30. The van der Waals surface area contributed by atoms with Gasteiger partial charge in [-0.25, -0.2) is 9.18 Å². The van der Waals surface area contributed by atoms with Crippen LogP contribution in [0.5, 0.6) is 0 Å². The lowest BCUT2D eigenvalue weighted by Crippen LogP contribution is -2.30. The molecule has 0 saturated carbocycles. The van der Waals surface area contributed by atoms with Crippen molar-refractivity contribution < 1.29 is 9.18 Å². The Labute approximate surface area is 109 Å². The Morgan fingerprint density at radius 3 is 2.61 bits per heavy atom. The molecule has 0 radical (unpaired) electrons. The number of rotatable bonds is 3. The average Bonchev–Trinajstić information content (AvgIpc) is 2.85. The van der Waals surface area contributed by atoms with Gasteiger partial charge in [0, 0.05) is 10.6 Å². The number of amides is 2. The smallest absolute Gasteiger partial charge is 0.319 e. The molecule has 1 heterocycles. The molecule has 94 valence electrons. The maximum absolute atomic E-state index is 12.7. The highest BCUT2D eigenvalue weighted by molar-refractivity contribution is 7.10. The van der Waals surface area contributed by atoms with Crippen molar-refractivity contribution in [2.75, 3.05) is 5.32 Å². The van der Waals surface area contributed by atoms with E-state index in [0.717, 1.165) is 4.88 Å². The zero-order valence-electron chi connectivity index (χ0n) is 9.81. The molecule has 0 aliphatic rings. The molecule has 0 saturated heterocycles. The molecule has 1 atom stereocenters. The van der Waals surface area contributed by atoms with Crippen molar-refractivity contribution in [2.45, 2.75) is 13.0 Å². The minimum absolute atomic E-state index is 0.0505. The van der Waals surface area contributed by atoms with Crippen molar-refractivity contribution in [2.24, 2.45) is 0 Å². The summed E-state index contributed by atoms with van der Waals surface area (Å²) in [5.41, 5.74) is 0.562. The summed E-state index contributed by atoms with van der Waals surface area (Å²) in [4.78, 5) is 12.8. The fourth-order valence-electron chi connectivity index (χ4n) is 1.51. The van der Waals surface area contributed by atoms with E-state index in [2.05, 4.69) is 10.6 Å². The van der Waals surface area contributed by atoms with Crippen molar-refractivity contribution in [3.8, 4) is 0 Å². The predicted octanol–water partition coefficient (Wildman–Crippen LogP) is 3.77. The molecule has 1 aromatic carbocycles. The fraction of sp³-hybridized carbons (Fsp3) is 0.154. The second-order valence-electron chi connectivity index (χ2n) is 3.84. The van der Waals surface area contributed by atoms with Gasteiger partial charge in [-0.15, -0.1) is 11.3 Å². The van der Waals surface area contributed by atoms with Gasteiger partial charge in [0.2, 0.25) is 0 Å². The lowest BCUT2D eigenvalue weighted by atomic mass is 10.3. The Balaban J connectivity index is 1.91. The van der Waals surface area contributed by atoms with Crippen LogP contribution in [0.25, 0.3) is 0 Å². The number of benzene rings is 1. The van der Waals surface area contributed by atoms with Gasteiger partial charge in [0.1, 0.15) is 5.82 Å². The first-order valence-electron chi connectivity index (χ1n) is 5.51. The number of carbonyl (C=O) groups is 1. The highest BCUT2D eigenvalue weighted by Gasteiger charge is 2.10. The summed E-state index contributed by atoms with van der Waals surface area (Å²) in [7, 11) is 0. The van der Waals surface area contributed by atoms with Crippen molar-refractivity contribution in [1.82, 2.24) is 5.32 Å². The molecule has 0 unspecified atom stereocenters. The summed E-state index contributed by atoms with van der Waals surface area (Å²) in [5.74, 6) is -0.326. The monoisotopic (exact) mass is 264 g/mol. The fourth-order valence-corrected chi connectivity index (χ4v) is 2.24. The summed E-state index contributed by atoms with van der Waals surface area (Å²) >= 11 is 1.59. The maximum atomic E-state index is 12.7. The van der Waals surface area contributed by atoms with Crippen molar-refractivity contribution in [1.29, 1.82) is 0 Å². The lowest BCUT2D eigenvalue weighted by Gasteiger charge is -2.13. The van der Waals surface area contributed by atoms with E-state index in [-0.39, 0.29) is 17.9 Å². The number of nitrogens with one attached hydrogen (secondary N) is 2. The quantitative estimate of drug-likeness (QED) is 0.870. The van der Waals surface area contributed by atoms with E-state index in [9.17, 15) is 9.18 Å². The standard InChI is InChI=1S/C13H13FN2OS/c1-9(12-3-2-8-18-12)15-13(17)16-11-6-4-10(14)5-7-11/h2-9H,1H3,(H2,15,16,17)/t9-/m1/s1. The van der Waals surface area contributed by atoms with E-state index in [0.29, 0.717) is 5.69 Å². The third-order valence-electron chi connectivity index (χ3n) is 2.42. The van der Waals surface area contributed by atoms with Gasteiger partial charge in [0.05, 0.1) is 6.04 Å². The van der Waals surface area contributed by atoms with E-state index in [1.54, 1.807) is 11.3 Å². The Morgan fingerprint density at radius 1 is 1.28 bits per heavy atom. The van der Waals surface area contributed by atoms with Gasteiger partial charge in [-0.1, -0.05) is 6.07 Å². The number of hydrogen-bond acceptors (Lipinski definition) is 2. The van der Waals surface area contributed by atoms with Crippen LogP contribution in [-0.4, -0.2) is 6.03 Å². The third-order valence-corrected chi connectivity index (χ3v) is 3.47. The van der Waals surface area contributed by atoms with Crippen LogP contribution in [0.3, 0.4) is 0 Å². The number of hydrogen-bond donors (Lipinski definition) is 2. The van der Waals surface area contributed by atoms with E-state index >= 15 is 0 Å². The molecule has 5 heteroatoms. The molecule has 0 spiro atoms. The SMILES string of the molecule is C[C@@H](NC(=O)Nc1ccc(F)cc1)c1cccs1. The molecule has 18 heavy (non-hydrogen) atoms. The van der Waals surface area contributed by atoms with Gasteiger partial charge in [0.15, 0.2) is 0 Å². The van der Waals surface area contributed by atoms with E-state index in [4.69, 9.17) is 0 Å². The van der Waals surface area contributed by atoms with Crippen LogP contribution in [-0.2, 0) is 0 Å². The van der Waals surface area contributed by atoms with Gasteiger partial charge in [-0.3, -0.25) is 0 Å². The van der Waals surface area contributed by atoms with E-state index < -0.39 is 0 Å². The Hall–Kier alpha value is -1.88. The summed E-state index contributed by atoms with van der Waals surface area (Å²) in [6.45, 7) is 1.91. The van der Waals surface area contributed by atoms with Crippen molar-refractivity contribution >= 4 is 23.1 Å². The number of thiophene rings is 1. The Morgan fingerprint density at radius 2 is 2.00 bits per heavy atom. The summed E-state index contributed by atoms with van der Waals surface area (Å²) in [6, 6.07) is 9.20. The first-order chi connectivity index (χ1) is 8.65. The average molecular weight is 264 g/mol. The largest absolute Gasteiger partial charge is 0.331 e. The zero-order valence-corrected chi connectivity index (χ0v) is 10.6. The van der Waals surface area contributed by atoms with Crippen molar-refractivity contribution in [3.05, 3.63) is 52.5 Å². The van der Waals surface area contributed by atoms with Crippen LogP contribution >= 0.6 is 11.3 Å². The van der Waals surface area contributed by atoms with Crippen LogP contribution in [0.1, 0.15) is 17.8 Å². The molecule has 1 aromatic heterocycles. The van der Waals surface area contributed by atoms with Crippen LogP contribution in [0.4, 0.5) is 14.9 Å². The normalized spacial score (nSPS) is 11.9. The highest BCUT2D eigenvalue weighted by Crippen LogP contribution is 2.18. The predicted molar refractivity (Wildman–Crippen MR) is 71.3 cm³/mol. The summed E-state index contributed by atoms with van der Waals surface area (Å²) < 4.78 is 12.7. The van der Waals surface area contributed by atoms with E-state index in [1.807, 2.05) is 24.4 Å². The van der Waals surface area contributed by atoms with E-state index in [1.165, 1.54) is 24.3 Å².